The van der Waals surface area contributed by atoms with Crippen LogP contribution in [0, 0.1) is 16.7 Å². The minimum Gasteiger partial charge on any atom is -0.325 e. The number of hydrogen-bond donors (Lipinski definition) is 1. The number of aryl methyl sites for hydroxylation is 2. The van der Waals surface area contributed by atoms with Gasteiger partial charge in [0.25, 0.3) is 0 Å². The van der Waals surface area contributed by atoms with Gasteiger partial charge in [-0.1, -0.05) is 6.07 Å². The number of carbonyl (C=O) groups excluding carboxylic acids is 1. The van der Waals surface area contributed by atoms with Crippen LogP contribution in [0.1, 0.15) is 43.2 Å². The molecule has 1 aromatic rings. The van der Waals surface area contributed by atoms with Crippen molar-refractivity contribution < 1.29 is 4.79 Å². The first kappa shape index (κ1) is 12.2. The van der Waals surface area contributed by atoms with Crippen LogP contribution in [0.4, 0.5) is 5.69 Å². The Labute approximate surface area is 113 Å². The van der Waals surface area contributed by atoms with E-state index in [4.69, 9.17) is 5.26 Å². The maximum atomic E-state index is 12.2. The molecule has 0 bridgehead atoms. The lowest BCUT2D eigenvalue weighted by Crippen LogP contribution is -2.40. The second-order valence-corrected chi connectivity index (χ2v) is 5.69. The van der Waals surface area contributed by atoms with E-state index in [1.54, 1.807) is 0 Å². The highest BCUT2D eigenvalue weighted by Gasteiger charge is 2.44. The molecule has 1 N–H and O–H groups in total. The number of hydrogen-bond acceptors (Lipinski definition) is 2. The molecule has 0 heterocycles. The first-order valence-corrected chi connectivity index (χ1v) is 7.08. The number of nitrogens with zero attached hydrogens (tertiary/aromatic N) is 1. The van der Waals surface area contributed by atoms with E-state index >= 15 is 0 Å². The Balaban J connectivity index is 1.77. The van der Waals surface area contributed by atoms with Crippen LogP contribution in [0.25, 0.3) is 0 Å². The zero-order valence-corrected chi connectivity index (χ0v) is 11.0. The van der Waals surface area contributed by atoms with Crippen LogP contribution < -0.4 is 5.32 Å². The Morgan fingerprint density at radius 2 is 1.89 bits per heavy atom. The molecule has 1 aromatic carbocycles. The minimum atomic E-state index is -0.768. The summed E-state index contributed by atoms with van der Waals surface area (Å²) in [7, 11) is 0. The van der Waals surface area contributed by atoms with Crippen molar-refractivity contribution in [2.24, 2.45) is 5.41 Å². The summed E-state index contributed by atoms with van der Waals surface area (Å²) in [6.45, 7) is 0. The molecule has 3 heteroatoms. The van der Waals surface area contributed by atoms with Crippen LogP contribution in [0.5, 0.6) is 0 Å². The number of benzene rings is 1. The molecule has 19 heavy (non-hydrogen) atoms. The van der Waals surface area contributed by atoms with E-state index < -0.39 is 5.41 Å². The van der Waals surface area contributed by atoms with Gasteiger partial charge in [0.1, 0.15) is 5.41 Å². The zero-order chi connectivity index (χ0) is 13.3. The summed E-state index contributed by atoms with van der Waals surface area (Å²) >= 11 is 0. The highest BCUT2D eigenvalue weighted by Crippen LogP contribution is 2.41. The highest BCUT2D eigenvalue weighted by molar-refractivity contribution is 5.97. The largest absolute Gasteiger partial charge is 0.325 e. The van der Waals surface area contributed by atoms with Crippen molar-refractivity contribution >= 4 is 11.6 Å². The number of rotatable bonds is 2. The zero-order valence-electron chi connectivity index (χ0n) is 11.0. The van der Waals surface area contributed by atoms with E-state index in [0.29, 0.717) is 12.8 Å². The van der Waals surface area contributed by atoms with Crippen molar-refractivity contribution in [2.75, 3.05) is 5.32 Å². The number of nitrogens with one attached hydrogen (secondary N) is 1. The number of anilines is 1. The van der Waals surface area contributed by atoms with Gasteiger partial charge in [-0.05, 0) is 68.2 Å². The van der Waals surface area contributed by atoms with Crippen LogP contribution >= 0.6 is 0 Å². The normalized spacial score (nSPS) is 19.7. The van der Waals surface area contributed by atoms with Crippen molar-refractivity contribution in [2.45, 2.75) is 44.9 Å². The third kappa shape index (κ3) is 2.12. The van der Waals surface area contributed by atoms with Gasteiger partial charge in [0.2, 0.25) is 5.91 Å². The average molecular weight is 254 g/mol. The van der Waals surface area contributed by atoms with E-state index in [2.05, 4.69) is 23.5 Å². The Hall–Kier alpha value is -1.82. The maximum absolute atomic E-state index is 12.2. The predicted molar refractivity (Wildman–Crippen MR) is 73.6 cm³/mol. The number of carbonyl (C=O) groups is 1. The fourth-order valence-corrected chi connectivity index (χ4v) is 2.98. The van der Waals surface area contributed by atoms with E-state index in [9.17, 15) is 4.79 Å². The lowest BCUT2D eigenvalue weighted by molar-refractivity contribution is -0.126. The van der Waals surface area contributed by atoms with E-state index in [1.165, 1.54) is 24.0 Å². The molecule has 1 fully saturated rings. The van der Waals surface area contributed by atoms with Crippen LogP contribution in [-0.2, 0) is 17.6 Å². The van der Waals surface area contributed by atoms with Crippen LogP contribution in [0.15, 0.2) is 18.2 Å². The molecule has 0 aromatic heterocycles. The fraction of sp³-hybridized carbons (Fsp3) is 0.500. The second kappa shape index (κ2) is 4.70. The van der Waals surface area contributed by atoms with Gasteiger partial charge >= 0.3 is 0 Å². The lowest BCUT2D eigenvalue weighted by atomic mass is 9.69. The van der Waals surface area contributed by atoms with Crippen LogP contribution in [0.3, 0.4) is 0 Å². The van der Waals surface area contributed by atoms with Gasteiger partial charge in [-0.3, -0.25) is 4.79 Å². The molecule has 3 rings (SSSR count). The number of fused-ring (bicyclic) bond motifs is 1. The highest BCUT2D eigenvalue weighted by atomic mass is 16.2. The summed E-state index contributed by atoms with van der Waals surface area (Å²) in [6.07, 6.45) is 7.10. The van der Waals surface area contributed by atoms with Gasteiger partial charge in [0.15, 0.2) is 0 Å². The van der Waals surface area contributed by atoms with Crippen molar-refractivity contribution in [3.63, 3.8) is 0 Å². The molecule has 0 spiro atoms. The molecule has 2 aliphatic rings. The van der Waals surface area contributed by atoms with Gasteiger partial charge in [-0.2, -0.15) is 5.26 Å². The molecule has 0 atom stereocenters. The molecule has 2 aliphatic carbocycles. The van der Waals surface area contributed by atoms with E-state index in [-0.39, 0.29) is 5.91 Å². The molecule has 0 aliphatic heterocycles. The number of amides is 1. The average Bonchev–Trinajstić information content (AvgIpc) is 2.38. The van der Waals surface area contributed by atoms with Crippen molar-refractivity contribution in [3.8, 4) is 6.07 Å². The molecule has 3 nitrogen and oxygen atoms in total. The first-order valence-electron chi connectivity index (χ1n) is 7.08. The van der Waals surface area contributed by atoms with Gasteiger partial charge in [-0.15, -0.1) is 0 Å². The van der Waals surface area contributed by atoms with Gasteiger partial charge in [0, 0.05) is 5.69 Å². The van der Waals surface area contributed by atoms with E-state index in [1.807, 2.05) is 6.07 Å². The van der Waals surface area contributed by atoms with Gasteiger partial charge < -0.3 is 5.32 Å². The Bertz CT molecular complexity index is 552. The molecule has 0 radical (unpaired) electrons. The lowest BCUT2D eigenvalue weighted by Gasteiger charge is -2.33. The summed E-state index contributed by atoms with van der Waals surface area (Å²) in [4.78, 5) is 12.2. The molecule has 1 saturated carbocycles. The Kier molecular flexibility index (Phi) is 3.02. The summed E-state index contributed by atoms with van der Waals surface area (Å²) in [6, 6.07) is 8.34. The summed E-state index contributed by atoms with van der Waals surface area (Å²) in [5, 5.41) is 12.1. The Morgan fingerprint density at radius 3 is 2.53 bits per heavy atom. The smallest absolute Gasteiger partial charge is 0.244 e. The number of nitriles is 1. The van der Waals surface area contributed by atoms with Crippen LogP contribution in [0.2, 0.25) is 0 Å². The standard InChI is InChI=1S/C16H18N2O/c17-11-16(8-3-9-16)15(19)18-14-7-6-12-4-1-2-5-13(12)10-14/h6-7,10H,1-5,8-9H2,(H,18,19). The molecule has 0 unspecified atom stereocenters. The van der Waals surface area contributed by atoms with Crippen molar-refractivity contribution in [1.82, 2.24) is 0 Å². The van der Waals surface area contributed by atoms with Crippen molar-refractivity contribution in [1.29, 1.82) is 5.26 Å². The van der Waals surface area contributed by atoms with E-state index in [0.717, 1.165) is 24.9 Å². The monoisotopic (exact) mass is 254 g/mol. The maximum Gasteiger partial charge on any atom is 0.244 e. The van der Waals surface area contributed by atoms with Crippen LogP contribution in [-0.4, -0.2) is 5.91 Å². The SMILES string of the molecule is N#CC1(C(=O)Nc2ccc3c(c2)CCCC3)CCC1. The van der Waals surface area contributed by atoms with Crippen molar-refractivity contribution in [3.05, 3.63) is 29.3 Å². The summed E-state index contributed by atoms with van der Waals surface area (Å²) in [5.74, 6) is -0.128. The predicted octanol–water partition coefficient (Wildman–Crippen LogP) is 3.20. The third-order valence-electron chi connectivity index (χ3n) is 4.46. The fourth-order valence-electron chi connectivity index (χ4n) is 2.98. The quantitative estimate of drug-likeness (QED) is 0.881. The topological polar surface area (TPSA) is 52.9 Å². The second-order valence-electron chi connectivity index (χ2n) is 5.69. The summed E-state index contributed by atoms with van der Waals surface area (Å²) < 4.78 is 0. The van der Waals surface area contributed by atoms with Gasteiger partial charge in [0.05, 0.1) is 6.07 Å². The minimum absolute atomic E-state index is 0.128. The molecular formula is C16H18N2O. The Morgan fingerprint density at radius 1 is 1.16 bits per heavy atom. The molecular weight excluding hydrogens is 236 g/mol. The molecule has 1 amide bonds. The van der Waals surface area contributed by atoms with Gasteiger partial charge in [-0.25, -0.2) is 0 Å². The molecule has 0 saturated heterocycles. The molecule has 98 valence electrons. The third-order valence-corrected chi connectivity index (χ3v) is 4.46. The summed E-state index contributed by atoms with van der Waals surface area (Å²) in [5.41, 5.74) is 2.83. The first-order chi connectivity index (χ1) is 9.23.